The number of nitrogens with zero attached hydrogens (tertiary/aromatic N) is 2. The van der Waals surface area contributed by atoms with Gasteiger partial charge in [-0.25, -0.2) is 4.79 Å². The van der Waals surface area contributed by atoms with Crippen LogP contribution in [0, 0.1) is 0 Å². The number of H-pyrrole nitrogens is 1. The number of alkyl halides is 3. The number of aromatic amines is 1. The predicted molar refractivity (Wildman–Crippen MR) is 126 cm³/mol. The Balaban J connectivity index is 1.56. The van der Waals surface area contributed by atoms with Gasteiger partial charge in [-0.15, -0.1) is 0 Å². The molecule has 0 spiro atoms. The summed E-state index contributed by atoms with van der Waals surface area (Å²) in [5.74, 6) is 0.343. The van der Waals surface area contributed by atoms with Gasteiger partial charge in [-0.2, -0.15) is 18.3 Å². The maximum atomic E-state index is 13.4. The number of para-hydroxylation sites is 1. The summed E-state index contributed by atoms with van der Waals surface area (Å²) in [4.78, 5) is 27.8. The fourth-order valence-electron chi connectivity index (χ4n) is 5.04. The van der Waals surface area contributed by atoms with Crippen LogP contribution in [0.1, 0.15) is 49.9 Å². The molecule has 0 unspecified atom stereocenters. The molecule has 1 aromatic heterocycles. The molecule has 4 rings (SSSR count). The number of halogens is 3. The van der Waals surface area contributed by atoms with Crippen molar-refractivity contribution < 1.29 is 22.8 Å². The third kappa shape index (κ3) is 3.79. The molecule has 1 aromatic carbocycles. The minimum Gasteiger partial charge on any atom is -0.309 e. The van der Waals surface area contributed by atoms with Crippen LogP contribution in [0.2, 0.25) is 24.7 Å². The van der Waals surface area contributed by atoms with Crippen LogP contribution in [0.15, 0.2) is 24.3 Å². The van der Waals surface area contributed by atoms with Crippen molar-refractivity contribution in [1.29, 1.82) is 0 Å². The topological polar surface area (TPSA) is 90.1 Å². The lowest BCUT2D eigenvalue weighted by atomic mass is 9.83. The normalized spacial score (nSPS) is 18.8. The zero-order chi connectivity index (χ0) is 25.1. The van der Waals surface area contributed by atoms with Crippen LogP contribution in [0.25, 0.3) is 0 Å². The molecule has 2 heterocycles. The van der Waals surface area contributed by atoms with Gasteiger partial charge in [0.25, 0.3) is 0 Å². The molecule has 2 aliphatic rings. The van der Waals surface area contributed by atoms with Crippen LogP contribution < -0.4 is 10.6 Å². The number of hydrogen-bond donors (Lipinski definition) is 3. The van der Waals surface area contributed by atoms with Crippen molar-refractivity contribution in [2.75, 3.05) is 10.6 Å². The highest BCUT2D eigenvalue weighted by Crippen LogP contribution is 2.56. The van der Waals surface area contributed by atoms with Crippen LogP contribution in [0.5, 0.6) is 0 Å². The second-order valence-corrected chi connectivity index (χ2v) is 16.1. The molecular weight excluding hydrogens is 463 g/mol. The minimum atomic E-state index is -4.59. The first-order valence-electron chi connectivity index (χ1n) is 11.3. The first kappa shape index (κ1) is 24.3. The van der Waals surface area contributed by atoms with Gasteiger partial charge in [-0.1, -0.05) is 38.2 Å². The molecular formula is C23H30F3N5O2Si. The number of rotatable bonds is 4. The maximum Gasteiger partial charge on any atom is 0.418 e. The van der Waals surface area contributed by atoms with Gasteiger partial charge < -0.3 is 15.5 Å². The zero-order valence-corrected chi connectivity index (χ0v) is 21.0. The van der Waals surface area contributed by atoms with E-state index in [0.717, 1.165) is 25.3 Å². The van der Waals surface area contributed by atoms with Gasteiger partial charge in [0.2, 0.25) is 5.91 Å². The average Bonchev–Trinajstić information content (AvgIpc) is 3.17. The molecule has 7 nitrogen and oxygen atoms in total. The summed E-state index contributed by atoms with van der Waals surface area (Å²) in [6, 6.07) is 4.21. The van der Waals surface area contributed by atoms with Gasteiger partial charge >= 0.3 is 12.2 Å². The summed E-state index contributed by atoms with van der Waals surface area (Å²) in [5, 5.41) is 12.3. The van der Waals surface area contributed by atoms with E-state index in [1.54, 1.807) is 13.8 Å². The Morgan fingerprint density at radius 1 is 1.12 bits per heavy atom. The van der Waals surface area contributed by atoms with Crippen molar-refractivity contribution in [1.82, 2.24) is 15.1 Å². The van der Waals surface area contributed by atoms with Crippen molar-refractivity contribution in [2.45, 2.75) is 76.0 Å². The van der Waals surface area contributed by atoms with E-state index in [2.05, 4.69) is 40.5 Å². The highest BCUT2D eigenvalue weighted by atomic mass is 28.3. The van der Waals surface area contributed by atoms with Crippen molar-refractivity contribution in [2.24, 2.45) is 0 Å². The van der Waals surface area contributed by atoms with E-state index in [4.69, 9.17) is 0 Å². The van der Waals surface area contributed by atoms with E-state index < -0.39 is 31.4 Å². The van der Waals surface area contributed by atoms with E-state index >= 15 is 0 Å². The minimum absolute atomic E-state index is 0.0352. The first-order valence-corrected chi connectivity index (χ1v) is 14.8. The average molecular weight is 494 g/mol. The molecule has 34 heavy (non-hydrogen) atoms. The summed E-state index contributed by atoms with van der Waals surface area (Å²) < 4.78 is 40.1. The fourth-order valence-corrected chi connectivity index (χ4v) is 7.64. The molecule has 1 fully saturated rings. The van der Waals surface area contributed by atoms with Crippen molar-refractivity contribution >= 4 is 31.5 Å². The summed E-state index contributed by atoms with van der Waals surface area (Å²) in [6.45, 7) is 10.2. The van der Waals surface area contributed by atoms with Gasteiger partial charge in [0, 0.05) is 10.6 Å². The maximum absolute atomic E-state index is 13.4. The number of hydrogen-bond acceptors (Lipinski definition) is 3. The highest BCUT2D eigenvalue weighted by Gasteiger charge is 2.54. The number of amides is 3. The van der Waals surface area contributed by atoms with E-state index in [1.807, 2.05) is 0 Å². The number of aromatic nitrogens is 2. The standard InChI is InChI=1S/C23H30F3N5O2Si/c1-21(2)17-14(18(30-29-17)28-19(32)22(11-8-12-22)34(3,4)5)13-31(21)20(33)27-16-10-7-6-9-15(16)23(24,25)26/h6-7,9-10H,8,11-13H2,1-5H3,(H,27,33)(H2,28,29,30,32). The Bertz CT molecular complexity index is 1130. The van der Waals surface area contributed by atoms with Crippen molar-refractivity contribution in [3.05, 3.63) is 41.1 Å². The van der Waals surface area contributed by atoms with Crippen LogP contribution in [0.3, 0.4) is 0 Å². The molecule has 3 N–H and O–H groups in total. The molecule has 2 aromatic rings. The fraction of sp³-hybridized carbons (Fsp3) is 0.522. The molecule has 0 bridgehead atoms. The Morgan fingerprint density at radius 2 is 1.76 bits per heavy atom. The number of anilines is 2. The Hall–Kier alpha value is -2.82. The van der Waals surface area contributed by atoms with Crippen LogP contribution in [-0.2, 0) is 23.1 Å². The lowest BCUT2D eigenvalue weighted by Crippen LogP contribution is -2.52. The van der Waals surface area contributed by atoms with Gasteiger partial charge in [0.05, 0.1) is 37.1 Å². The smallest absolute Gasteiger partial charge is 0.309 e. The number of carbonyl (C=O) groups is 2. The molecule has 1 aliphatic carbocycles. The predicted octanol–water partition coefficient (Wildman–Crippen LogP) is 5.91. The SMILES string of the molecule is CC1(C)c2[nH]nc(NC(=O)C3([Si](C)(C)C)CCC3)c2CN1C(=O)Nc1ccccc1C(F)(F)F. The van der Waals surface area contributed by atoms with E-state index in [-0.39, 0.29) is 23.2 Å². The third-order valence-electron chi connectivity index (χ3n) is 7.50. The van der Waals surface area contributed by atoms with Crippen LogP contribution in [0.4, 0.5) is 29.5 Å². The molecule has 0 saturated heterocycles. The Labute approximate surface area is 197 Å². The summed E-state index contributed by atoms with van der Waals surface area (Å²) in [7, 11) is -1.79. The monoisotopic (exact) mass is 493 g/mol. The Morgan fingerprint density at radius 3 is 2.32 bits per heavy atom. The van der Waals surface area contributed by atoms with E-state index in [1.165, 1.54) is 23.1 Å². The second kappa shape index (κ2) is 7.86. The number of carbonyl (C=O) groups excluding carboxylic acids is 2. The lowest BCUT2D eigenvalue weighted by molar-refractivity contribution is -0.137. The summed E-state index contributed by atoms with van der Waals surface area (Å²) in [5.41, 5.74) is -0.763. The second-order valence-electron chi connectivity index (χ2n) is 10.7. The zero-order valence-electron chi connectivity index (χ0n) is 20.0. The van der Waals surface area contributed by atoms with Gasteiger partial charge in [-0.05, 0) is 38.8 Å². The van der Waals surface area contributed by atoms with Crippen molar-refractivity contribution in [3.63, 3.8) is 0 Å². The number of urea groups is 1. The molecule has 1 aliphatic heterocycles. The molecule has 0 radical (unpaired) electrons. The lowest BCUT2D eigenvalue weighted by Gasteiger charge is -2.48. The van der Waals surface area contributed by atoms with E-state index in [0.29, 0.717) is 17.1 Å². The molecule has 1 saturated carbocycles. The van der Waals surface area contributed by atoms with Gasteiger partial charge in [0.15, 0.2) is 5.82 Å². The van der Waals surface area contributed by atoms with Gasteiger partial charge in [0.1, 0.15) is 0 Å². The summed E-state index contributed by atoms with van der Waals surface area (Å²) in [6.07, 6.45) is -1.85. The van der Waals surface area contributed by atoms with Crippen LogP contribution in [-0.4, -0.2) is 35.1 Å². The number of nitrogens with one attached hydrogen (secondary N) is 3. The molecule has 184 valence electrons. The van der Waals surface area contributed by atoms with E-state index in [9.17, 15) is 22.8 Å². The molecule has 0 atom stereocenters. The van der Waals surface area contributed by atoms with Gasteiger partial charge in [-0.3, -0.25) is 9.89 Å². The largest absolute Gasteiger partial charge is 0.418 e. The van der Waals surface area contributed by atoms with Crippen molar-refractivity contribution in [3.8, 4) is 0 Å². The highest BCUT2D eigenvalue weighted by molar-refractivity contribution is 6.83. The third-order valence-corrected chi connectivity index (χ3v) is 11.1. The molecule has 3 amide bonds. The van der Waals surface area contributed by atoms with Crippen LogP contribution >= 0.6 is 0 Å². The number of fused-ring (bicyclic) bond motifs is 1. The molecule has 11 heteroatoms. The number of benzene rings is 1. The quantitative estimate of drug-likeness (QED) is 0.463. The Kier molecular flexibility index (Phi) is 5.62. The first-order chi connectivity index (χ1) is 15.7. The summed E-state index contributed by atoms with van der Waals surface area (Å²) >= 11 is 0.